The summed E-state index contributed by atoms with van der Waals surface area (Å²) in [6.07, 6.45) is 2.07. The van der Waals surface area contributed by atoms with Gasteiger partial charge in [-0.15, -0.1) is 0 Å². The maximum absolute atomic E-state index is 13.4. The highest BCUT2D eigenvalue weighted by Gasteiger charge is 2.34. The Labute approximate surface area is 244 Å². The molecule has 42 heavy (non-hydrogen) atoms. The van der Waals surface area contributed by atoms with Gasteiger partial charge in [0.1, 0.15) is 17.7 Å². The van der Waals surface area contributed by atoms with Crippen LogP contribution in [0.1, 0.15) is 19.4 Å². The number of benzene rings is 2. The Morgan fingerprint density at radius 1 is 1.21 bits per heavy atom. The van der Waals surface area contributed by atoms with Gasteiger partial charge in [-0.2, -0.15) is 4.31 Å². The third-order valence-corrected chi connectivity index (χ3v) is 8.78. The molecular formula is C28H35FN6O6S. The van der Waals surface area contributed by atoms with E-state index in [1.807, 2.05) is 6.92 Å². The summed E-state index contributed by atoms with van der Waals surface area (Å²) in [5.41, 5.74) is 1.25. The number of nitrogens with zero attached hydrogens (tertiary/aromatic N) is 4. The monoisotopic (exact) mass is 602 g/mol. The number of anilines is 2. The van der Waals surface area contributed by atoms with Gasteiger partial charge in [0.2, 0.25) is 5.91 Å². The van der Waals surface area contributed by atoms with E-state index in [0.717, 1.165) is 0 Å². The van der Waals surface area contributed by atoms with Gasteiger partial charge in [-0.1, -0.05) is 6.92 Å². The number of sulfonamides is 1. The number of carbonyl (C=O) groups excluding carboxylic acids is 2. The largest absolute Gasteiger partial charge is 0.488 e. The van der Waals surface area contributed by atoms with Gasteiger partial charge in [0.25, 0.3) is 10.0 Å². The van der Waals surface area contributed by atoms with Gasteiger partial charge in [0.15, 0.2) is 5.03 Å². The molecule has 14 heteroatoms. The molecule has 226 valence electrons. The van der Waals surface area contributed by atoms with E-state index in [0.29, 0.717) is 22.7 Å². The van der Waals surface area contributed by atoms with Crippen molar-refractivity contribution in [1.82, 2.24) is 18.8 Å². The first kappa shape index (κ1) is 30.9. The molecule has 3 aromatic rings. The first-order valence-corrected chi connectivity index (χ1v) is 14.8. The molecule has 2 heterocycles. The maximum Gasteiger partial charge on any atom is 0.323 e. The van der Waals surface area contributed by atoms with Crippen molar-refractivity contribution >= 4 is 33.3 Å². The third-order valence-electron chi connectivity index (χ3n) is 7.07. The fraction of sp³-hybridized carbons (Fsp3) is 0.393. The van der Waals surface area contributed by atoms with Crippen molar-refractivity contribution in [3.8, 4) is 5.75 Å². The summed E-state index contributed by atoms with van der Waals surface area (Å²) >= 11 is 0. The highest BCUT2D eigenvalue weighted by Crippen LogP contribution is 2.30. The summed E-state index contributed by atoms with van der Waals surface area (Å²) in [6.45, 7) is 3.53. The topological polar surface area (TPSA) is 146 Å². The second-order valence-corrected chi connectivity index (χ2v) is 12.5. The molecule has 0 aliphatic carbocycles. The molecule has 4 rings (SSSR count). The van der Waals surface area contributed by atoms with Crippen LogP contribution in [0.4, 0.5) is 20.6 Å². The van der Waals surface area contributed by atoms with Crippen molar-refractivity contribution in [2.75, 3.05) is 37.4 Å². The number of aromatic nitrogens is 2. The quantitative estimate of drug-likeness (QED) is 0.359. The Kier molecular flexibility index (Phi) is 9.49. The minimum Gasteiger partial charge on any atom is -0.488 e. The number of ether oxygens (including phenoxy) is 1. The summed E-state index contributed by atoms with van der Waals surface area (Å²) in [7, 11) is -0.796. The number of halogens is 1. The zero-order chi connectivity index (χ0) is 30.6. The standard InChI is InChI=1S/C28H35FN6O6S/c1-18-13-35(19(2)16-36)27(37)12-20-11-23(32-28(38)31-22-7-5-21(29)6-8-22)9-10-24(20)41-25(18)14-34(4)42(39,40)26-15-33(3)17-30-26/h5-11,15,17-19,25,36H,12-14,16H2,1-4H3,(H2,31,32,38)/t18-,19-,25-/m1/s1. The number of aryl methyl sites for hydroxylation is 1. The molecule has 0 saturated heterocycles. The molecule has 0 fully saturated rings. The van der Waals surface area contributed by atoms with Crippen LogP contribution < -0.4 is 15.4 Å². The van der Waals surface area contributed by atoms with E-state index >= 15 is 0 Å². The second kappa shape index (κ2) is 12.9. The zero-order valence-corrected chi connectivity index (χ0v) is 24.6. The van der Waals surface area contributed by atoms with Gasteiger partial charge in [-0.3, -0.25) is 4.79 Å². The molecule has 12 nitrogen and oxygen atoms in total. The molecule has 0 radical (unpaired) electrons. The molecule has 3 N–H and O–H groups in total. The van der Waals surface area contributed by atoms with E-state index in [2.05, 4.69) is 15.6 Å². The molecule has 0 unspecified atom stereocenters. The lowest BCUT2D eigenvalue weighted by Crippen LogP contribution is -2.48. The van der Waals surface area contributed by atoms with E-state index in [4.69, 9.17) is 4.74 Å². The average Bonchev–Trinajstić information content (AvgIpc) is 3.40. The summed E-state index contributed by atoms with van der Waals surface area (Å²) < 4.78 is 48.7. The number of hydrogen-bond acceptors (Lipinski definition) is 7. The Morgan fingerprint density at radius 2 is 1.88 bits per heavy atom. The van der Waals surface area contributed by atoms with Crippen molar-refractivity contribution in [1.29, 1.82) is 0 Å². The van der Waals surface area contributed by atoms with E-state index in [9.17, 15) is 27.5 Å². The van der Waals surface area contributed by atoms with E-state index in [-0.39, 0.29) is 43.0 Å². The Bertz CT molecular complexity index is 1530. The highest BCUT2D eigenvalue weighted by molar-refractivity contribution is 7.89. The van der Waals surface area contributed by atoms with Gasteiger partial charge >= 0.3 is 6.03 Å². The molecule has 3 amide bonds. The van der Waals surface area contributed by atoms with Gasteiger partial charge in [0.05, 0.1) is 31.9 Å². The SMILES string of the molecule is C[C@@H]1CN([C@H](C)CO)C(=O)Cc2cc(NC(=O)Nc3ccc(F)cc3)ccc2O[C@@H]1CN(C)S(=O)(=O)c1cn(C)cn1. The van der Waals surface area contributed by atoms with Crippen LogP contribution in [0.25, 0.3) is 0 Å². The minimum absolute atomic E-state index is 0.0326. The molecule has 2 aromatic carbocycles. The molecule has 1 aliphatic rings. The number of imidazole rings is 1. The normalized spacial score (nSPS) is 18.4. The van der Waals surface area contributed by atoms with Crippen molar-refractivity contribution in [2.24, 2.45) is 13.0 Å². The maximum atomic E-state index is 13.4. The summed E-state index contributed by atoms with van der Waals surface area (Å²) in [6, 6.07) is 9.08. The van der Waals surface area contributed by atoms with Crippen molar-refractivity contribution in [3.63, 3.8) is 0 Å². The molecule has 1 aromatic heterocycles. The second-order valence-electron chi connectivity index (χ2n) is 10.5. The molecule has 0 bridgehead atoms. The van der Waals surface area contributed by atoms with Crippen LogP contribution in [0.3, 0.4) is 0 Å². The first-order chi connectivity index (χ1) is 19.9. The lowest BCUT2D eigenvalue weighted by atomic mass is 10.0. The van der Waals surface area contributed by atoms with Gasteiger partial charge in [0, 0.05) is 49.7 Å². The number of carbonyl (C=O) groups is 2. The number of hydrogen-bond donors (Lipinski definition) is 3. The predicted molar refractivity (Wildman–Crippen MR) is 154 cm³/mol. The van der Waals surface area contributed by atoms with Crippen LogP contribution >= 0.6 is 0 Å². The third kappa shape index (κ3) is 7.24. The van der Waals surface area contributed by atoms with Crippen LogP contribution in [0, 0.1) is 11.7 Å². The smallest absolute Gasteiger partial charge is 0.323 e. The molecule has 0 spiro atoms. The van der Waals surface area contributed by atoms with Crippen LogP contribution in [0.15, 0.2) is 60.0 Å². The fourth-order valence-electron chi connectivity index (χ4n) is 4.59. The van der Waals surface area contributed by atoms with E-state index < -0.39 is 34.0 Å². The molecule has 3 atom stereocenters. The van der Waals surface area contributed by atoms with E-state index in [1.54, 1.807) is 41.6 Å². The Balaban J connectivity index is 1.61. The number of rotatable bonds is 8. The van der Waals surface area contributed by atoms with Crippen molar-refractivity contribution in [2.45, 2.75) is 37.4 Å². The fourth-order valence-corrected chi connectivity index (χ4v) is 5.73. The first-order valence-electron chi connectivity index (χ1n) is 13.3. The lowest BCUT2D eigenvalue weighted by molar-refractivity contribution is -0.134. The van der Waals surface area contributed by atoms with Crippen molar-refractivity contribution in [3.05, 3.63) is 66.4 Å². The summed E-state index contributed by atoms with van der Waals surface area (Å²) in [5, 5.41) is 15.1. The predicted octanol–water partition coefficient (Wildman–Crippen LogP) is 2.67. The van der Waals surface area contributed by atoms with Crippen molar-refractivity contribution < 1.29 is 32.2 Å². The number of aliphatic hydroxyl groups excluding tert-OH is 1. The molecule has 0 saturated carbocycles. The molecule has 1 aliphatic heterocycles. The average molecular weight is 603 g/mol. The zero-order valence-electron chi connectivity index (χ0n) is 23.8. The summed E-state index contributed by atoms with van der Waals surface area (Å²) in [4.78, 5) is 31.5. The minimum atomic E-state index is -3.92. The van der Waals surface area contributed by atoms with Crippen LogP contribution in [-0.4, -0.2) is 83.1 Å². The van der Waals surface area contributed by atoms with Crippen LogP contribution in [-0.2, 0) is 28.3 Å². The van der Waals surface area contributed by atoms with E-state index in [1.165, 1.54) is 48.1 Å². The van der Waals surface area contributed by atoms with Crippen LogP contribution in [0.5, 0.6) is 5.75 Å². The Morgan fingerprint density at radius 3 is 2.52 bits per heavy atom. The number of urea groups is 1. The lowest BCUT2D eigenvalue weighted by Gasteiger charge is -2.33. The molecular weight excluding hydrogens is 567 g/mol. The number of aliphatic hydroxyl groups is 1. The number of nitrogens with one attached hydrogen (secondary N) is 2. The van der Waals surface area contributed by atoms with Gasteiger partial charge in [-0.05, 0) is 49.4 Å². The summed E-state index contributed by atoms with van der Waals surface area (Å²) in [5.74, 6) is -0.640. The van der Waals surface area contributed by atoms with Gasteiger partial charge < -0.3 is 29.9 Å². The van der Waals surface area contributed by atoms with Gasteiger partial charge in [-0.25, -0.2) is 22.6 Å². The number of amides is 3. The van der Waals surface area contributed by atoms with Crippen LogP contribution in [0.2, 0.25) is 0 Å². The Hall–Kier alpha value is -4.01. The highest BCUT2D eigenvalue weighted by atomic mass is 32.2. The number of fused-ring (bicyclic) bond motifs is 1. The number of likely N-dealkylation sites (N-methyl/N-ethyl adjacent to an activating group) is 1.